The molecule has 2 heteroatoms. The first-order chi connectivity index (χ1) is 7.02. The van der Waals surface area contributed by atoms with Crippen LogP contribution >= 0.6 is 0 Å². The Balaban J connectivity index is 2.65. The van der Waals surface area contributed by atoms with E-state index in [1.165, 1.54) is 11.1 Å². The largest absolute Gasteiger partial charge is 0.493 e. The van der Waals surface area contributed by atoms with Crippen molar-refractivity contribution in [1.29, 1.82) is 0 Å². The third-order valence-corrected chi connectivity index (χ3v) is 2.80. The zero-order valence-electron chi connectivity index (χ0n) is 10.1. The first-order valence-corrected chi connectivity index (χ1v) is 5.47. The summed E-state index contributed by atoms with van der Waals surface area (Å²) in [4.78, 5) is 0. The van der Waals surface area contributed by atoms with Gasteiger partial charge in [-0.05, 0) is 31.9 Å². The van der Waals surface area contributed by atoms with Gasteiger partial charge < -0.3 is 10.5 Å². The van der Waals surface area contributed by atoms with Crippen LogP contribution < -0.4 is 10.5 Å². The van der Waals surface area contributed by atoms with E-state index < -0.39 is 0 Å². The standard InChI is InChI=1S/C13H21NO/c1-9-6-5-7-10(2)13(9)15-8-11(3)12(4)14/h5-7,11-12H,8,14H2,1-4H3. The molecule has 0 aliphatic rings. The summed E-state index contributed by atoms with van der Waals surface area (Å²) in [7, 11) is 0. The summed E-state index contributed by atoms with van der Waals surface area (Å²) in [5.41, 5.74) is 8.17. The zero-order chi connectivity index (χ0) is 11.4. The van der Waals surface area contributed by atoms with E-state index in [1.807, 2.05) is 13.0 Å². The summed E-state index contributed by atoms with van der Waals surface area (Å²) in [5, 5.41) is 0. The van der Waals surface area contributed by atoms with Gasteiger partial charge in [0.15, 0.2) is 0 Å². The maximum atomic E-state index is 5.81. The molecule has 1 aromatic carbocycles. The van der Waals surface area contributed by atoms with E-state index in [-0.39, 0.29) is 6.04 Å². The second-order valence-electron chi connectivity index (χ2n) is 4.37. The molecule has 0 saturated carbocycles. The fraction of sp³-hybridized carbons (Fsp3) is 0.538. The second kappa shape index (κ2) is 5.17. The van der Waals surface area contributed by atoms with Crippen molar-refractivity contribution < 1.29 is 4.74 Å². The van der Waals surface area contributed by atoms with Gasteiger partial charge in [-0.1, -0.05) is 25.1 Å². The van der Waals surface area contributed by atoms with Gasteiger partial charge in [-0.2, -0.15) is 0 Å². The topological polar surface area (TPSA) is 35.2 Å². The Bertz CT molecular complexity index is 300. The van der Waals surface area contributed by atoms with Gasteiger partial charge in [0.2, 0.25) is 0 Å². The summed E-state index contributed by atoms with van der Waals surface area (Å²) < 4.78 is 5.81. The molecule has 2 nitrogen and oxygen atoms in total. The minimum Gasteiger partial charge on any atom is -0.493 e. The van der Waals surface area contributed by atoms with E-state index in [0.717, 1.165) is 5.75 Å². The predicted octanol–water partition coefficient (Wildman–Crippen LogP) is 2.67. The molecule has 0 fully saturated rings. The van der Waals surface area contributed by atoms with Crippen molar-refractivity contribution in [2.75, 3.05) is 6.61 Å². The molecule has 2 atom stereocenters. The van der Waals surface area contributed by atoms with Crippen LogP contribution in [0.15, 0.2) is 18.2 Å². The minimum atomic E-state index is 0.175. The lowest BCUT2D eigenvalue weighted by Gasteiger charge is -2.18. The van der Waals surface area contributed by atoms with Gasteiger partial charge in [-0.3, -0.25) is 0 Å². The van der Waals surface area contributed by atoms with Gasteiger partial charge in [0.1, 0.15) is 5.75 Å². The highest BCUT2D eigenvalue weighted by Crippen LogP contribution is 2.22. The molecule has 0 saturated heterocycles. The first-order valence-electron chi connectivity index (χ1n) is 5.47. The number of aryl methyl sites for hydroxylation is 2. The number of nitrogens with two attached hydrogens (primary N) is 1. The first kappa shape index (κ1) is 12.1. The summed E-state index contributed by atoms with van der Waals surface area (Å²) in [5.74, 6) is 1.38. The van der Waals surface area contributed by atoms with Crippen LogP contribution in [0.4, 0.5) is 0 Å². The molecule has 0 aliphatic carbocycles. The average molecular weight is 207 g/mol. The van der Waals surface area contributed by atoms with E-state index >= 15 is 0 Å². The van der Waals surface area contributed by atoms with Gasteiger partial charge in [-0.15, -0.1) is 0 Å². The van der Waals surface area contributed by atoms with E-state index in [2.05, 4.69) is 32.9 Å². The van der Waals surface area contributed by atoms with Crippen molar-refractivity contribution in [2.45, 2.75) is 33.7 Å². The molecule has 0 bridgehead atoms. The fourth-order valence-corrected chi connectivity index (χ4v) is 1.39. The van der Waals surface area contributed by atoms with E-state index in [0.29, 0.717) is 12.5 Å². The van der Waals surface area contributed by atoms with Crippen LogP contribution in [0.5, 0.6) is 5.75 Å². The number of rotatable bonds is 4. The van der Waals surface area contributed by atoms with Crippen molar-refractivity contribution in [3.8, 4) is 5.75 Å². The van der Waals surface area contributed by atoms with Gasteiger partial charge in [-0.25, -0.2) is 0 Å². The number of para-hydroxylation sites is 1. The molecule has 15 heavy (non-hydrogen) atoms. The SMILES string of the molecule is Cc1cccc(C)c1OCC(C)C(C)N. The highest BCUT2D eigenvalue weighted by atomic mass is 16.5. The minimum absolute atomic E-state index is 0.175. The Hall–Kier alpha value is -1.02. The molecular formula is C13H21NO. The lowest BCUT2D eigenvalue weighted by molar-refractivity contribution is 0.240. The summed E-state index contributed by atoms with van der Waals surface area (Å²) in [6.45, 7) is 8.94. The Morgan fingerprint density at radius 2 is 1.73 bits per heavy atom. The van der Waals surface area contributed by atoms with E-state index in [9.17, 15) is 0 Å². The molecule has 0 spiro atoms. The second-order valence-corrected chi connectivity index (χ2v) is 4.37. The Labute approximate surface area is 92.4 Å². The van der Waals surface area contributed by atoms with Crippen molar-refractivity contribution in [1.82, 2.24) is 0 Å². The van der Waals surface area contributed by atoms with Crippen LogP contribution in [-0.2, 0) is 0 Å². The molecule has 1 aromatic rings. The number of hydrogen-bond donors (Lipinski definition) is 1. The Morgan fingerprint density at radius 3 is 2.20 bits per heavy atom. The monoisotopic (exact) mass is 207 g/mol. The maximum Gasteiger partial charge on any atom is 0.125 e. The highest BCUT2D eigenvalue weighted by molar-refractivity contribution is 5.39. The molecule has 0 amide bonds. The quantitative estimate of drug-likeness (QED) is 0.823. The zero-order valence-corrected chi connectivity index (χ0v) is 10.1. The number of hydrogen-bond acceptors (Lipinski definition) is 2. The number of ether oxygens (including phenoxy) is 1. The van der Waals surface area contributed by atoms with Gasteiger partial charge >= 0.3 is 0 Å². The molecule has 0 aliphatic heterocycles. The maximum absolute atomic E-state index is 5.81. The molecule has 2 unspecified atom stereocenters. The molecular weight excluding hydrogens is 186 g/mol. The van der Waals surface area contributed by atoms with Crippen LogP contribution in [0.2, 0.25) is 0 Å². The van der Waals surface area contributed by atoms with Crippen molar-refractivity contribution in [3.63, 3.8) is 0 Å². The molecule has 0 heterocycles. The van der Waals surface area contributed by atoms with Crippen LogP contribution in [0.3, 0.4) is 0 Å². The molecule has 1 rings (SSSR count). The summed E-state index contributed by atoms with van der Waals surface area (Å²) in [6.07, 6.45) is 0. The third-order valence-electron chi connectivity index (χ3n) is 2.80. The van der Waals surface area contributed by atoms with Crippen molar-refractivity contribution in [2.24, 2.45) is 11.7 Å². The summed E-state index contributed by atoms with van der Waals surface area (Å²) in [6, 6.07) is 6.36. The van der Waals surface area contributed by atoms with Crippen LogP contribution in [0, 0.1) is 19.8 Å². The fourth-order valence-electron chi connectivity index (χ4n) is 1.39. The number of benzene rings is 1. The third kappa shape index (κ3) is 3.24. The van der Waals surface area contributed by atoms with Crippen molar-refractivity contribution >= 4 is 0 Å². The van der Waals surface area contributed by atoms with Gasteiger partial charge in [0.25, 0.3) is 0 Å². The van der Waals surface area contributed by atoms with E-state index in [4.69, 9.17) is 10.5 Å². The average Bonchev–Trinajstić information content (AvgIpc) is 2.16. The molecule has 0 aromatic heterocycles. The lowest BCUT2D eigenvalue weighted by Crippen LogP contribution is -2.29. The predicted molar refractivity (Wildman–Crippen MR) is 64.2 cm³/mol. The normalized spacial score (nSPS) is 14.7. The van der Waals surface area contributed by atoms with Gasteiger partial charge in [0.05, 0.1) is 6.61 Å². The summed E-state index contributed by atoms with van der Waals surface area (Å²) >= 11 is 0. The van der Waals surface area contributed by atoms with Crippen LogP contribution in [0.25, 0.3) is 0 Å². The van der Waals surface area contributed by atoms with E-state index in [1.54, 1.807) is 0 Å². The molecule has 84 valence electrons. The van der Waals surface area contributed by atoms with Crippen LogP contribution in [0.1, 0.15) is 25.0 Å². The molecule has 2 N–H and O–H groups in total. The Kier molecular flexibility index (Phi) is 4.15. The molecule has 0 radical (unpaired) electrons. The smallest absolute Gasteiger partial charge is 0.125 e. The highest BCUT2D eigenvalue weighted by Gasteiger charge is 2.10. The van der Waals surface area contributed by atoms with Crippen LogP contribution in [-0.4, -0.2) is 12.6 Å². The Morgan fingerprint density at radius 1 is 1.20 bits per heavy atom. The lowest BCUT2D eigenvalue weighted by atomic mass is 10.1. The van der Waals surface area contributed by atoms with Gasteiger partial charge in [0, 0.05) is 12.0 Å². The van der Waals surface area contributed by atoms with Crippen molar-refractivity contribution in [3.05, 3.63) is 29.3 Å².